The molecular formula is C19H18BrFN4OS. The van der Waals surface area contributed by atoms with E-state index in [9.17, 15) is 9.18 Å². The highest BCUT2D eigenvalue weighted by atomic mass is 79.9. The van der Waals surface area contributed by atoms with Crippen molar-refractivity contribution < 1.29 is 9.18 Å². The van der Waals surface area contributed by atoms with Crippen LogP contribution in [-0.4, -0.2) is 21.8 Å². The number of amides is 1. The summed E-state index contributed by atoms with van der Waals surface area (Å²) in [5, 5.41) is 3.31. The van der Waals surface area contributed by atoms with Crippen molar-refractivity contribution in [2.45, 2.75) is 24.8 Å². The molecule has 1 amide bonds. The largest absolute Gasteiger partial charge is 0.379 e. The molecule has 2 unspecified atom stereocenters. The van der Waals surface area contributed by atoms with Crippen LogP contribution in [0.5, 0.6) is 0 Å². The summed E-state index contributed by atoms with van der Waals surface area (Å²) in [6.45, 7) is 0. The van der Waals surface area contributed by atoms with E-state index in [0.717, 1.165) is 25.0 Å². The van der Waals surface area contributed by atoms with E-state index in [0.29, 0.717) is 20.9 Å². The molecule has 0 saturated heterocycles. The molecule has 3 N–H and O–H groups in total. The van der Waals surface area contributed by atoms with Gasteiger partial charge in [-0.15, -0.1) is 0 Å². The number of aromatic nitrogens is 1. The van der Waals surface area contributed by atoms with Crippen molar-refractivity contribution in [2.24, 2.45) is 16.6 Å². The van der Waals surface area contributed by atoms with E-state index in [1.54, 1.807) is 30.5 Å². The molecule has 2 atom stereocenters. The lowest BCUT2D eigenvalue weighted by molar-refractivity contribution is 0.102. The average Bonchev–Trinajstić information content (AvgIpc) is 3.07. The van der Waals surface area contributed by atoms with Gasteiger partial charge in [0.1, 0.15) is 11.5 Å². The third-order valence-electron chi connectivity index (χ3n) is 5.19. The molecule has 1 aliphatic carbocycles. The van der Waals surface area contributed by atoms with Gasteiger partial charge in [-0.05, 0) is 65.0 Å². The first-order valence-corrected chi connectivity index (χ1v) is 10.5. The van der Waals surface area contributed by atoms with Gasteiger partial charge < -0.3 is 11.1 Å². The third kappa shape index (κ3) is 3.36. The van der Waals surface area contributed by atoms with Crippen LogP contribution in [0.15, 0.2) is 46.0 Å². The molecule has 27 heavy (non-hydrogen) atoms. The van der Waals surface area contributed by atoms with E-state index in [-0.39, 0.29) is 23.3 Å². The number of fused-ring (bicyclic) bond motifs is 1. The van der Waals surface area contributed by atoms with Crippen LogP contribution in [0.4, 0.5) is 10.1 Å². The monoisotopic (exact) mass is 448 g/mol. The number of amidine groups is 1. The summed E-state index contributed by atoms with van der Waals surface area (Å²) < 4.78 is 15.4. The fraction of sp³-hybridized carbons (Fsp3) is 0.316. The zero-order valence-electron chi connectivity index (χ0n) is 14.4. The number of hydrogen-bond donors (Lipinski definition) is 2. The molecule has 0 radical (unpaired) electrons. The topological polar surface area (TPSA) is 80.4 Å². The van der Waals surface area contributed by atoms with Gasteiger partial charge in [0.25, 0.3) is 5.91 Å². The Morgan fingerprint density at radius 3 is 3.07 bits per heavy atom. The number of thioether (sulfide) groups is 1. The van der Waals surface area contributed by atoms with E-state index >= 15 is 0 Å². The normalized spacial score (nSPS) is 24.2. The van der Waals surface area contributed by atoms with Gasteiger partial charge in [0, 0.05) is 27.7 Å². The lowest BCUT2D eigenvalue weighted by Gasteiger charge is -2.36. The lowest BCUT2D eigenvalue weighted by Crippen LogP contribution is -2.37. The third-order valence-corrected chi connectivity index (χ3v) is 6.79. The smallest absolute Gasteiger partial charge is 0.275 e. The first-order valence-electron chi connectivity index (χ1n) is 8.69. The van der Waals surface area contributed by atoms with E-state index in [2.05, 4.69) is 31.2 Å². The Balaban J connectivity index is 1.69. The highest BCUT2D eigenvalue weighted by Gasteiger charge is 2.48. The van der Waals surface area contributed by atoms with Crippen molar-refractivity contribution in [1.82, 2.24) is 4.98 Å². The molecule has 1 saturated carbocycles. The molecule has 4 rings (SSSR count). The maximum atomic E-state index is 14.8. The first-order chi connectivity index (χ1) is 13.0. The van der Waals surface area contributed by atoms with Gasteiger partial charge in [-0.2, -0.15) is 0 Å². The van der Waals surface area contributed by atoms with Crippen molar-refractivity contribution in [3.05, 3.63) is 58.1 Å². The van der Waals surface area contributed by atoms with Crippen molar-refractivity contribution >= 4 is 44.5 Å². The Hall–Kier alpha value is -1.93. The summed E-state index contributed by atoms with van der Waals surface area (Å²) in [6, 6.07) is 8.11. The number of hydrogen-bond acceptors (Lipinski definition) is 5. The molecule has 1 aliphatic heterocycles. The molecule has 2 aromatic rings. The Labute approximate surface area is 169 Å². The fourth-order valence-corrected chi connectivity index (χ4v) is 5.41. The highest BCUT2D eigenvalue weighted by molar-refractivity contribution is 9.10. The zero-order chi connectivity index (χ0) is 19.0. The van der Waals surface area contributed by atoms with Crippen LogP contribution in [0, 0.1) is 11.7 Å². The number of halogens is 2. The lowest BCUT2D eigenvalue weighted by atomic mass is 9.81. The van der Waals surface area contributed by atoms with E-state index in [1.807, 2.05) is 0 Å². The Morgan fingerprint density at radius 2 is 2.26 bits per heavy atom. The number of aliphatic imine (C=N–C) groups is 1. The molecule has 1 fully saturated rings. The van der Waals surface area contributed by atoms with Crippen LogP contribution in [0.1, 0.15) is 35.3 Å². The van der Waals surface area contributed by atoms with E-state index in [4.69, 9.17) is 5.73 Å². The average molecular weight is 449 g/mol. The number of pyridine rings is 1. The predicted molar refractivity (Wildman–Crippen MR) is 109 cm³/mol. The number of nitrogens with zero attached hydrogens (tertiary/aromatic N) is 2. The number of carbonyl (C=O) groups excluding carboxylic acids is 1. The van der Waals surface area contributed by atoms with Crippen molar-refractivity contribution in [3.63, 3.8) is 0 Å². The van der Waals surface area contributed by atoms with Crippen LogP contribution in [-0.2, 0) is 5.54 Å². The molecule has 1 aromatic carbocycles. The molecular weight excluding hydrogens is 431 g/mol. The van der Waals surface area contributed by atoms with E-state index in [1.165, 1.54) is 17.8 Å². The SMILES string of the molecule is NC1=NC2(c3cc(NC(=O)c4ncccc4Br)ccc3F)CCCC2CS1. The van der Waals surface area contributed by atoms with Gasteiger partial charge >= 0.3 is 0 Å². The van der Waals surface area contributed by atoms with Crippen LogP contribution in [0.25, 0.3) is 0 Å². The van der Waals surface area contributed by atoms with E-state index < -0.39 is 5.54 Å². The number of nitrogens with one attached hydrogen (secondary N) is 1. The number of carbonyl (C=O) groups is 1. The Morgan fingerprint density at radius 1 is 1.41 bits per heavy atom. The summed E-state index contributed by atoms with van der Waals surface area (Å²) in [7, 11) is 0. The standard InChI is InChI=1S/C19H18BrFN4OS/c20-14-4-2-8-23-16(14)17(26)24-12-5-6-15(21)13(9-12)19-7-1-3-11(19)10-27-18(22)25-19/h2,4-6,8-9,11H,1,3,7,10H2,(H2,22,25)(H,24,26). The minimum atomic E-state index is -0.633. The van der Waals surface area contributed by atoms with Crippen molar-refractivity contribution in [1.29, 1.82) is 0 Å². The minimum absolute atomic E-state index is 0.250. The van der Waals surface area contributed by atoms with Crippen LogP contribution < -0.4 is 11.1 Å². The van der Waals surface area contributed by atoms with Crippen LogP contribution >= 0.6 is 27.7 Å². The highest BCUT2D eigenvalue weighted by Crippen LogP contribution is 2.51. The number of nitrogens with two attached hydrogens (primary N) is 1. The second-order valence-corrected chi connectivity index (χ2v) is 8.65. The fourth-order valence-electron chi connectivity index (χ4n) is 3.94. The molecule has 0 bridgehead atoms. The molecule has 2 heterocycles. The second kappa shape index (κ2) is 7.24. The van der Waals surface area contributed by atoms with Gasteiger partial charge in [0.05, 0.1) is 5.54 Å². The van der Waals surface area contributed by atoms with Gasteiger partial charge in [-0.1, -0.05) is 18.2 Å². The molecule has 8 heteroatoms. The number of rotatable bonds is 3. The van der Waals surface area contributed by atoms with Crippen LogP contribution in [0.3, 0.4) is 0 Å². The zero-order valence-corrected chi connectivity index (χ0v) is 16.8. The van der Waals surface area contributed by atoms with Gasteiger partial charge in [-0.25, -0.2) is 9.37 Å². The summed E-state index contributed by atoms with van der Waals surface area (Å²) in [5.74, 6) is 0.414. The Bertz CT molecular complexity index is 938. The maximum absolute atomic E-state index is 14.8. The minimum Gasteiger partial charge on any atom is -0.379 e. The van der Waals surface area contributed by atoms with Gasteiger partial charge in [-0.3, -0.25) is 9.79 Å². The summed E-state index contributed by atoms with van der Waals surface area (Å²) in [6.07, 6.45) is 4.30. The summed E-state index contributed by atoms with van der Waals surface area (Å²) >= 11 is 4.85. The van der Waals surface area contributed by atoms with Crippen molar-refractivity contribution in [2.75, 3.05) is 11.1 Å². The molecule has 140 valence electrons. The molecule has 5 nitrogen and oxygen atoms in total. The Kier molecular flexibility index (Phi) is 4.94. The molecule has 1 aromatic heterocycles. The summed E-state index contributed by atoms with van der Waals surface area (Å²) in [5.41, 5.74) is 6.64. The molecule has 0 spiro atoms. The molecule has 2 aliphatic rings. The summed E-state index contributed by atoms with van der Waals surface area (Å²) in [4.78, 5) is 21.3. The van der Waals surface area contributed by atoms with Gasteiger partial charge in [0.15, 0.2) is 5.17 Å². The van der Waals surface area contributed by atoms with Crippen molar-refractivity contribution in [3.8, 4) is 0 Å². The number of anilines is 1. The number of benzene rings is 1. The second-order valence-electron chi connectivity index (χ2n) is 6.76. The quantitative estimate of drug-likeness (QED) is 0.733. The first kappa shape index (κ1) is 18.4. The van der Waals surface area contributed by atoms with Gasteiger partial charge in [0.2, 0.25) is 0 Å². The predicted octanol–water partition coefficient (Wildman–Crippen LogP) is 4.29. The van der Waals surface area contributed by atoms with Crippen LogP contribution in [0.2, 0.25) is 0 Å². The maximum Gasteiger partial charge on any atom is 0.275 e.